The van der Waals surface area contributed by atoms with Crippen molar-refractivity contribution in [3.8, 4) is 0 Å². The number of piperidine rings is 2. The van der Waals surface area contributed by atoms with E-state index in [1.165, 1.54) is 4.90 Å². The van der Waals surface area contributed by atoms with Crippen LogP contribution >= 0.6 is 15.9 Å². The number of nitrogens with zero attached hydrogens (tertiary/aromatic N) is 4. The van der Waals surface area contributed by atoms with Gasteiger partial charge in [0.2, 0.25) is 5.91 Å². The zero-order chi connectivity index (χ0) is 32.4. The number of fused-ring (bicyclic) bond motifs is 1. The van der Waals surface area contributed by atoms with E-state index < -0.39 is 18.1 Å². The summed E-state index contributed by atoms with van der Waals surface area (Å²) in [7, 11) is 0. The molecule has 10 nitrogen and oxygen atoms in total. The lowest BCUT2D eigenvalue weighted by Gasteiger charge is -2.46. The number of hydrogen-bond donors (Lipinski definition) is 3. The van der Waals surface area contributed by atoms with E-state index in [4.69, 9.17) is 0 Å². The molecule has 248 valence electrons. The third kappa shape index (κ3) is 7.06. The van der Waals surface area contributed by atoms with E-state index in [0.29, 0.717) is 44.9 Å². The van der Waals surface area contributed by atoms with E-state index in [-0.39, 0.29) is 24.5 Å². The van der Waals surface area contributed by atoms with Gasteiger partial charge in [0.25, 0.3) is 0 Å². The van der Waals surface area contributed by atoms with E-state index in [2.05, 4.69) is 43.6 Å². The molecule has 4 heterocycles. The fraction of sp³-hybridized carbons (Fsp3) is 0.571. The Labute approximate surface area is 280 Å². The number of carbonyl (C=O) groups is 3. The lowest BCUT2D eigenvalue weighted by Crippen LogP contribution is -2.60. The summed E-state index contributed by atoms with van der Waals surface area (Å²) in [5.41, 5.74) is 5.13. The van der Waals surface area contributed by atoms with Crippen molar-refractivity contribution in [3.05, 3.63) is 63.1 Å². The Morgan fingerprint density at radius 2 is 1.65 bits per heavy atom. The number of anilines is 1. The number of rotatable bonds is 6. The van der Waals surface area contributed by atoms with Crippen molar-refractivity contribution < 1.29 is 19.5 Å². The molecule has 3 N–H and O–H groups in total. The third-order valence-electron chi connectivity index (χ3n) is 10.6. The number of urea groups is 1. The summed E-state index contributed by atoms with van der Waals surface area (Å²) < 4.78 is 1.05. The Balaban J connectivity index is 1.26. The number of carboxylic acid groups (broad SMARTS) is 1. The summed E-state index contributed by atoms with van der Waals surface area (Å²) in [6, 6.07) is 11.8. The highest BCUT2D eigenvalue weighted by molar-refractivity contribution is 9.10. The second-order valence-corrected chi connectivity index (χ2v) is 14.2. The highest BCUT2D eigenvalue weighted by atomic mass is 79.9. The zero-order valence-corrected chi connectivity index (χ0v) is 28.6. The Bertz CT molecular complexity index is 1420. The molecule has 11 heteroatoms. The summed E-state index contributed by atoms with van der Waals surface area (Å²) in [5.74, 6) is -0.538. The standard InChI is InChI=1S/C35H47BrN6O4/c1-23-19-25(20-24(2)32(23)36)21-29(33(43)40-17-15-39(16-18-40)27-7-11-37-12-8-27)31-22-28(10-14-42(31)35(45)46)41-13-9-26-5-3-4-6-30(26)38-34(41)44/h3-6,19-20,27-29,31,37H,7-18,21-22H2,1-2H3,(H,38,44)(H,45,46)/t28?,29?,31-/m1/s1. The van der Waals surface area contributed by atoms with Gasteiger partial charge < -0.3 is 30.4 Å². The Morgan fingerprint density at radius 3 is 2.35 bits per heavy atom. The molecule has 4 aliphatic heterocycles. The van der Waals surface area contributed by atoms with E-state index in [0.717, 1.165) is 77.9 Å². The molecule has 3 atom stereocenters. The molecule has 6 rings (SSSR count). The number of para-hydroxylation sites is 1. The minimum Gasteiger partial charge on any atom is -0.465 e. The first kappa shape index (κ1) is 32.8. The molecule has 2 unspecified atom stereocenters. The number of amides is 4. The summed E-state index contributed by atoms with van der Waals surface area (Å²) in [5, 5.41) is 16.9. The molecule has 0 saturated carbocycles. The van der Waals surface area contributed by atoms with Crippen LogP contribution in [-0.2, 0) is 17.6 Å². The molecule has 0 spiro atoms. The number of benzene rings is 2. The maximum absolute atomic E-state index is 14.6. The van der Waals surface area contributed by atoms with E-state index in [9.17, 15) is 19.5 Å². The molecule has 2 aromatic rings. The van der Waals surface area contributed by atoms with Gasteiger partial charge in [-0.2, -0.15) is 0 Å². The van der Waals surface area contributed by atoms with Gasteiger partial charge in [-0.05, 0) is 93.8 Å². The predicted octanol–water partition coefficient (Wildman–Crippen LogP) is 4.72. The maximum Gasteiger partial charge on any atom is 0.407 e. The van der Waals surface area contributed by atoms with Crippen molar-refractivity contribution in [2.24, 2.45) is 5.92 Å². The summed E-state index contributed by atoms with van der Waals surface area (Å²) in [6.45, 7) is 9.97. The SMILES string of the molecule is Cc1cc(CC(C(=O)N2CCN(C3CCNCC3)CC2)[C@H]2CC(N3CCc4ccccc4NC3=O)CCN2C(=O)O)cc(C)c1Br. The number of nitrogens with one attached hydrogen (secondary N) is 2. The average molecular weight is 696 g/mol. The predicted molar refractivity (Wildman–Crippen MR) is 182 cm³/mol. The van der Waals surface area contributed by atoms with Crippen molar-refractivity contribution in [1.82, 2.24) is 24.9 Å². The smallest absolute Gasteiger partial charge is 0.407 e. The second-order valence-electron chi connectivity index (χ2n) is 13.4. The van der Waals surface area contributed by atoms with Gasteiger partial charge >= 0.3 is 12.1 Å². The van der Waals surface area contributed by atoms with Gasteiger partial charge in [0.05, 0.1) is 5.92 Å². The van der Waals surface area contributed by atoms with Gasteiger partial charge in [-0.25, -0.2) is 9.59 Å². The molecule has 46 heavy (non-hydrogen) atoms. The van der Waals surface area contributed by atoms with Crippen LogP contribution in [0.4, 0.5) is 15.3 Å². The number of halogens is 1. The van der Waals surface area contributed by atoms with E-state index in [1.807, 2.05) is 47.9 Å². The lowest BCUT2D eigenvalue weighted by molar-refractivity contribution is -0.140. The van der Waals surface area contributed by atoms with Gasteiger partial charge in [0.1, 0.15) is 0 Å². The Hall–Kier alpha value is -3.15. The van der Waals surface area contributed by atoms with Crippen LogP contribution < -0.4 is 10.6 Å². The van der Waals surface area contributed by atoms with Crippen LogP contribution in [0.1, 0.15) is 47.9 Å². The molecule has 0 bridgehead atoms. The lowest BCUT2D eigenvalue weighted by atomic mass is 9.82. The Kier molecular flexibility index (Phi) is 10.2. The van der Waals surface area contributed by atoms with Crippen LogP contribution in [0.5, 0.6) is 0 Å². The molecular weight excluding hydrogens is 648 g/mol. The second kappa shape index (κ2) is 14.3. The van der Waals surface area contributed by atoms with Gasteiger partial charge in [-0.1, -0.05) is 46.3 Å². The normalized spacial score (nSPS) is 23.8. The molecule has 0 radical (unpaired) electrons. The minimum atomic E-state index is -1.01. The van der Waals surface area contributed by atoms with Crippen LogP contribution in [-0.4, -0.2) is 113 Å². The monoisotopic (exact) mass is 694 g/mol. The van der Waals surface area contributed by atoms with Crippen LogP contribution in [0.15, 0.2) is 40.9 Å². The molecule has 3 fully saturated rings. The Morgan fingerprint density at radius 1 is 0.957 bits per heavy atom. The van der Waals surface area contributed by atoms with Gasteiger partial charge in [0, 0.05) is 67.6 Å². The molecule has 0 aliphatic carbocycles. The first-order valence-electron chi connectivity index (χ1n) is 16.8. The van der Waals surface area contributed by atoms with Crippen molar-refractivity contribution in [2.75, 3.05) is 57.7 Å². The fourth-order valence-corrected chi connectivity index (χ4v) is 8.36. The molecule has 3 saturated heterocycles. The van der Waals surface area contributed by atoms with Crippen molar-refractivity contribution in [1.29, 1.82) is 0 Å². The summed E-state index contributed by atoms with van der Waals surface area (Å²) in [6.07, 6.45) is 3.39. The number of piperazine rings is 1. The summed E-state index contributed by atoms with van der Waals surface area (Å²) >= 11 is 3.68. The summed E-state index contributed by atoms with van der Waals surface area (Å²) in [4.78, 5) is 48.7. The fourth-order valence-electron chi connectivity index (χ4n) is 8.13. The van der Waals surface area contributed by atoms with Gasteiger partial charge in [-0.3, -0.25) is 9.69 Å². The number of likely N-dealkylation sites (tertiary alicyclic amines) is 1. The number of hydrogen-bond acceptors (Lipinski definition) is 5. The van der Waals surface area contributed by atoms with Crippen LogP contribution in [0, 0.1) is 19.8 Å². The maximum atomic E-state index is 14.6. The highest BCUT2D eigenvalue weighted by Crippen LogP contribution is 2.34. The largest absolute Gasteiger partial charge is 0.465 e. The first-order valence-corrected chi connectivity index (χ1v) is 17.6. The van der Waals surface area contributed by atoms with Gasteiger partial charge in [0.15, 0.2) is 0 Å². The number of carbonyl (C=O) groups excluding carboxylic acids is 2. The highest BCUT2D eigenvalue weighted by Gasteiger charge is 2.44. The topological polar surface area (TPSA) is 108 Å². The first-order chi connectivity index (χ1) is 22.2. The molecule has 4 amide bonds. The molecule has 4 aliphatic rings. The quantitative estimate of drug-likeness (QED) is 0.404. The third-order valence-corrected chi connectivity index (χ3v) is 11.9. The van der Waals surface area contributed by atoms with E-state index >= 15 is 0 Å². The van der Waals surface area contributed by atoms with Crippen LogP contribution in [0.25, 0.3) is 0 Å². The number of aryl methyl sites for hydroxylation is 2. The van der Waals surface area contributed by atoms with Gasteiger partial charge in [-0.15, -0.1) is 0 Å². The van der Waals surface area contributed by atoms with Crippen LogP contribution in [0.3, 0.4) is 0 Å². The molecule has 0 aromatic heterocycles. The average Bonchev–Trinajstić information content (AvgIpc) is 3.24. The minimum absolute atomic E-state index is 0.0211. The molecular formula is C35H47BrN6O4. The van der Waals surface area contributed by atoms with E-state index in [1.54, 1.807) is 0 Å². The van der Waals surface area contributed by atoms with Crippen LogP contribution in [0.2, 0.25) is 0 Å². The van der Waals surface area contributed by atoms with Crippen molar-refractivity contribution >= 4 is 39.6 Å². The van der Waals surface area contributed by atoms with Crippen molar-refractivity contribution in [2.45, 2.75) is 70.5 Å². The van der Waals surface area contributed by atoms with Crippen molar-refractivity contribution in [3.63, 3.8) is 0 Å². The molecule has 2 aromatic carbocycles. The zero-order valence-electron chi connectivity index (χ0n) is 27.0.